The third kappa shape index (κ3) is 5.49. The molecule has 18 heavy (non-hydrogen) atoms. The molecule has 0 saturated heterocycles. The van der Waals surface area contributed by atoms with Crippen LogP contribution in [-0.2, 0) is 11.3 Å². The predicted molar refractivity (Wildman–Crippen MR) is 71.6 cm³/mol. The summed E-state index contributed by atoms with van der Waals surface area (Å²) in [5, 5.41) is 9.03. The molecule has 0 spiro atoms. The summed E-state index contributed by atoms with van der Waals surface area (Å²) < 4.78 is 10.7. The van der Waals surface area contributed by atoms with E-state index < -0.39 is 5.54 Å². The zero-order valence-electron chi connectivity index (χ0n) is 11.2. The van der Waals surface area contributed by atoms with Crippen molar-refractivity contribution in [2.24, 2.45) is 5.73 Å². The molecule has 4 heteroatoms. The van der Waals surface area contributed by atoms with Gasteiger partial charge in [-0.2, -0.15) is 0 Å². The Balaban J connectivity index is 2.33. The minimum Gasteiger partial charge on any atom is -0.494 e. The van der Waals surface area contributed by atoms with E-state index in [4.69, 9.17) is 20.3 Å². The molecular weight excluding hydrogens is 230 g/mol. The van der Waals surface area contributed by atoms with Crippen molar-refractivity contribution in [3.63, 3.8) is 0 Å². The van der Waals surface area contributed by atoms with E-state index in [1.54, 1.807) is 7.11 Å². The summed E-state index contributed by atoms with van der Waals surface area (Å²) >= 11 is 0. The second-order valence-corrected chi connectivity index (χ2v) is 4.84. The Morgan fingerprint density at radius 3 is 2.83 bits per heavy atom. The van der Waals surface area contributed by atoms with Gasteiger partial charge in [-0.25, -0.2) is 0 Å². The van der Waals surface area contributed by atoms with Gasteiger partial charge in [0.1, 0.15) is 5.75 Å². The third-order valence-electron chi connectivity index (χ3n) is 2.73. The lowest BCUT2D eigenvalue weighted by molar-refractivity contribution is 0.183. The molecule has 1 aromatic rings. The van der Waals surface area contributed by atoms with Crippen molar-refractivity contribution in [3.8, 4) is 5.75 Å². The highest BCUT2D eigenvalue weighted by Crippen LogP contribution is 2.15. The Morgan fingerprint density at radius 1 is 1.39 bits per heavy atom. The fraction of sp³-hybridized carbons (Fsp3) is 0.571. The molecule has 1 unspecified atom stereocenters. The van der Waals surface area contributed by atoms with E-state index in [2.05, 4.69) is 0 Å². The van der Waals surface area contributed by atoms with Gasteiger partial charge in [0.15, 0.2) is 0 Å². The number of nitrogens with two attached hydrogens (primary N) is 1. The van der Waals surface area contributed by atoms with Gasteiger partial charge in [-0.1, -0.05) is 12.1 Å². The van der Waals surface area contributed by atoms with Crippen LogP contribution in [0.2, 0.25) is 0 Å². The molecule has 102 valence electrons. The van der Waals surface area contributed by atoms with Crippen LogP contribution in [0, 0.1) is 0 Å². The number of aliphatic hydroxyl groups is 1. The van der Waals surface area contributed by atoms with Crippen LogP contribution >= 0.6 is 0 Å². The highest BCUT2D eigenvalue weighted by molar-refractivity contribution is 5.28. The molecule has 0 amide bonds. The highest BCUT2D eigenvalue weighted by Gasteiger charge is 2.15. The Kier molecular flexibility index (Phi) is 6.12. The number of hydrogen-bond donors (Lipinski definition) is 2. The quantitative estimate of drug-likeness (QED) is 0.692. The van der Waals surface area contributed by atoms with Gasteiger partial charge in [-0.3, -0.25) is 0 Å². The normalized spacial score (nSPS) is 14.2. The summed E-state index contributed by atoms with van der Waals surface area (Å²) in [5.74, 6) is 0.840. The zero-order chi connectivity index (χ0) is 13.4. The summed E-state index contributed by atoms with van der Waals surface area (Å²) in [7, 11) is 1.67. The lowest BCUT2D eigenvalue weighted by Gasteiger charge is -2.21. The summed E-state index contributed by atoms with van der Waals surface area (Å²) in [5.41, 5.74) is 6.42. The van der Waals surface area contributed by atoms with E-state index in [0.29, 0.717) is 13.2 Å². The van der Waals surface area contributed by atoms with Crippen LogP contribution in [0.5, 0.6) is 5.75 Å². The molecule has 0 aliphatic rings. The summed E-state index contributed by atoms with van der Waals surface area (Å²) in [4.78, 5) is 0. The Hall–Kier alpha value is -1.10. The maximum atomic E-state index is 9.03. The predicted octanol–water partition coefficient (Wildman–Crippen LogP) is 1.70. The summed E-state index contributed by atoms with van der Waals surface area (Å²) in [6.45, 7) is 3.02. The molecule has 0 aliphatic heterocycles. The smallest absolute Gasteiger partial charge is 0.119 e. The van der Waals surface area contributed by atoms with Crippen molar-refractivity contribution >= 4 is 0 Å². The van der Waals surface area contributed by atoms with Crippen molar-refractivity contribution in [1.82, 2.24) is 0 Å². The van der Waals surface area contributed by atoms with Crippen LogP contribution in [0.25, 0.3) is 0 Å². The lowest BCUT2D eigenvalue weighted by atomic mass is 9.99. The Bertz CT molecular complexity index is 353. The molecule has 0 heterocycles. The van der Waals surface area contributed by atoms with Crippen molar-refractivity contribution < 1.29 is 14.6 Å². The summed E-state index contributed by atoms with van der Waals surface area (Å²) in [6.07, 6.45) is 1.56. The minimum absolute atomic E-state index is 0.00365. The molecular formula is C14H23NO3. The van der Waals surface area contributed by atoms with Gasteiger partial charge in [0.2, 0.25) is 0 Å². The van der Waals surface area contributed by atoms with Crippen LogP contribution in [0.4, 0.5) is 0 Å². The Morgan fingerprint density at radius 2 is 2.17 bits per heavy atom. The number of methoxy groups -OCH3 is 1. The van der Waals surface area contributed by atoms with Crippen LogP contribution in [0.15, 0.2) is 24.3 Å². The molecule has 0 aliphatic carbocycles. The number of benzene rings is 1. The number of hydrogen-bond acceptors (Lipinski definition) is 4. The highest BCUT2D eigenvalue weighted by atomic mass is 16.5. The fourth-order valence-electron chi connectivity index (χ4n) is 1.64. The van der Waals surface area contributed by atoms with E-state index in [-0.39, 0.29) is 6.61 Å². The number of aliphatic hydroxyl groups excluding tert-OH is 1. The topological polar surface area (TPSA) is 64.7 Å². The SMILES string of the molecule is COCc1cccc(OCCCC(C)(N)CO)c1. The molecule has 0 aromatic heterocycles. The van der Waals surface area contributed by atoms with Gasteiger partial charge in [0.25, 0.3) is 0 Å². The van der Waals surface area contributed by atoms with Crippen molar-refractivity contribution in [3.05, 3.63) is 29.8 Å². The molecule has 0 saturated carbocycles. The summed E-state index contributed by atoms with van der Waals surface area (Å²) in [6, 6.07) is 7.84. The molecule has 4 nitrogen and oxygen atoms in total. The van der Waals surface area contributed by atoms with Crippen LogP contribution < -0.4 is 10.5 Å². The first-order valence-electron chi connectivity index (χ1n) is 6.18. The first kappa shape index (κ1) is 15.0. The van der Waals surface area contributed by atoms with Gasteiger partial charge in [-0.05, 0) is 37.5 Å². The van der Waals surface area contributed by atoms with Crippen molar-refractivity contribution in [1.29, 1.82) is 0 Å². The number of rotatable bonds is 8. The molecule has 1 atom stereocenters. The fourth-order valence-corrected chi connectivity index (χ4v) is 1.64. The first-order valence-corrected chi connectivity index (χ1v) is 6.18. The van der Waals surface area contributed by atoms with Crippen LogP contribution in [0.1, 0.15) is 25.3 Å². The maximum absolute atomic E-state index is 9.03. The largest absolute Gasteiger partial charge is 0.494 e. The van der Waals surface area contributed by atoms with Gasteiger partial charge in [-0.15, -0.1) is 0 Å². The second-order valence-electron chi connectivity index (χ2n) is 4.84. The molecule has 1 rings (SSSR count). The standard InChI is InChI=1S/C14H23NO3/c1-14(15,11-16)7-4-8-18-13-6-3-5-12(9-13)10-17-2/h3,5-6,9,16H,4,7-8,10-11,15H2,1-2H3. The average Bonchev–Trinajstić information content (AvgIpc) is 2.36. The maximum Gasteiger partial charge on any atom is 0.119 e. The van der Waals surface area contributed by atoms with Crippen LogP contribution in [0.3, 0.4) is 0 Å². The van der Waals surface area contributed by atoms with Crippen molar-refractivity contribution in [2.45, 2.75) is 31.9 Å². The van der Waals surface area contributed by atoms with Gasteiger partial charge in [0.05, 0.1) is 19.8 Å². The first-order chi connectivity index (χ1) is 8.57. The lowest BCUT2D eigenvalue weighted by Crippen LogP contribution is -2.40. The Labute approximate surface area is 109 Å². The monoisotopic (exact) mass is 253 g/mol. The van der Waals surface area contributed by atoms with E-state index in [1.165, 1.54) is 0 Å². The van der Waals surface area contributed by atoms with Crippen molar-refractivity contribution in [2.75, 3.05) is 20.3 Å². The molecule has 0 fully saturated rings. The van der Waals surface area contributed by atoms with E-state index in [9.17, 15) is 0 Å². The second kappa shape index (κ2) is 7.36. The van der Waals surface area contributed by atoms with E-state index in [1.807, 2.05) is 31.2 Å². The zero-order valence-corrected chi connectivity index (χ0v) is 11.2. The molecule has 0 radical (unpaired) electrons. The van der Waals surface area contributed by atoms with Gasteiger partial charge < -0.3 is 20.3 Å². The number of ether oxygens (including phenoxy) is 2. The molecule has 3 N–H and O–H groups in total. The third-order valence-corrected chi connectivity index (χ3v) is 2.73. The minimum atomic E-state index is -0.513. The van der Waals surface area contributed by atoms with E-state index in [0.717, 1.165) is 24.2 Å². The average molecular weight is 253 g/mol. The van der Waals surface area contributed by atoms with E-state index >= 15 is 0 Å². The molecule has 1 aromatic carbocycles. The van der Waals surface area contributed by atoms with Gasteiger partial charge in [0, 0.05) is 12.6 Å². The van der Waals surface area contributed by atoms with Crippen LogP contribution in [-0.4, -0.2) is 31.0 Å². The van der Waals surface area contributed by atoms with Gasteiger partial charge >= 0.3 is 0 Å². The molecule has 0 bridgehead atoms.